The number of fused-ring (bicyclic) bond motifs is 3. The lowest BCUT2D eigenvalue weighted by Gasteiger charge is -2.32. The van der Waals surface area contributed by atoms with E-state index in [9.17, 15) is 14.4 Å². The minimum absolute atomic E-state index is 0.138. The van der Waals surface area contributed by atoms with Crippen molar-refractivity contribution in [2.75, 3.05) is 29.9 Å². The van der Waals surface area contributed by atoms with Crippen LogP contribution in [0.25, 0.3) is 11.0 Å². The van der Waals surface area contributed by atoms with Crippen LogP contribution in [-0.2, 0) is 4.74 Å². The van der Waals surface area contributed by atoms with Crippen molar-refractivity contribution in [3.8, 4) is 0 Å². The van der Waals surface area contributed by atoms with E-state index < -0.39 is 11.5 Å². The van der Waals surface area contributed by atoms with Gasteiger partial charge in [-0.05, 0) is 55.6 Å². The van der Waals surface area contributed by atoms with Gasteiger partial charge in [0.2, 0.25) is 5.95 Å². The van der Waals surface area contributed by atoms with Crippen molar-refractivity contribution in [2.45, 2.75) is 37.5 Å². The van der Waals surface area contributed by atoms with Gasteiger partial charge in [-0.15, -0.1) is 0 Å². The number of H-pyrrole nitrogens is 1. The number of aromatic amines is 1. The zero-order valence-corrected chi connectivity index (χ0v) is 23.4. The number of benzene rings is 2. The molecule has 2 aromatic heterocycles. The molecule has 0 aliphatic carbocycles. The number of aromatic nitrogens is 3. The van der Waals surface area contributed by atoms with Crippen LogP contribution in [0.5, 0.6) is 0 Å². The van der Waals surface area contributed by atoms with Gasteiger partial charge in [0.05, 0.1) is 29.0 Å². The first kappa shape index (κ1) is 27.8. The molecule has 0 spiro atoms. The van der Waals surface area contributed by atoms with Crippen LogP contribution in [0.1, 0.15) is 51.6 Å². The van der Waals surface area contributed by atoms with E-state index in [1.54, 1.807) is 12.3 Å². The Morgan fingerprint density at radius 2 is 1.86 bits per heavy atom. The summed E-state index contributed by atoms with van der Waals surface area (Å²) in [5.41, 5.74) is 6.78. The predicted molar refractivity (Wildman–Crippen MR) is 160 cm³/mol. The van der Waals surface area contributed by atoms with E-state index >= 15 is 0 Å². The molecule has 1 unspecified atom stereocenters. The molecule has 5 N–H and O–H groups in total. The molecule has 2 aliphatic rings. The fourth-order valence-electron chi connectivity index (χ4n) is 5.45. The SMILES string of the molecule is NCCC(NC(=O)c1ccc(Cl)c(NC(=O)c2cc3cnc(N4C[C@H]5CC[C@@H](C4)O5)nc3[nH]c2=O)c1)c1ccccc1. The molecule has 2 fully saturated rings. The molecular formula is C30H30ClN7O4. The van der Waals surface area contributed by atoms with Gasteiger partial charge in [-0.25, -0.2) is 4.98 Å². The van der Waals surface area contributed by atoms with Crippen LogP contribution in [0.4, 0.5) is 11.6 Å². The van der Waals surface area contributed by atoms with E-state index in [2.05, 4.69) is 30.5 Å². The largest absolute Gasteiger partial charge is 0.371 e. The first-order valence-corrected chi connectivity index (χ1v) is 14.2. The Morgan fingerprint density at radius 3 is 2.60 bits per heavy atom. The Bertz CT molecular complexity index is 1680. The molecule has 2 bridgehead atoms. The average molecular weight is 588 g/mol. The number of hydrogen-bond acceptors (Lipinski definition) is 8. The van der Waals surface area contributed by atoms with Crippen molar-refractivity contribution in [3.63, 3.8) is 0 Å². The molecule has 0 radical (unpaired) electrons. The summed E-state index contributed by atoms with van der Waals surface area (Å²) < 4.78 is 5.88. The number of carbonyl (C=O) groups is 2. The third kappa shape index (κ3) is 5.85. The summed E-state index contributed by atoms with van der Waals surface area (Å²) in [6.45, 7) is 1.79. The van der Waals surface area contributed by atoms with Gasteiger partial charge in [-0.1, -0.05) is 41.9 Å². The Kier molecular flexibility index (Phi) is 7.88. The molecule has 6 rings (SSSR count). The fraction of sp³-hybridized carbons (Fsp3) is 0.300. The van der Waals surface area contributed by atoms with Crippen molar-refractivity contribution >= 4 is 46.1 Å². The summed E-state index contributed by atoms with van der Waals surface area (Å²) >= 11 is 6.35. The summed E-state index contributed by atoms with van der Waals surface area (Å²) in [6.07, 6.45) is 4.51. The van der Waals surface area contributed by atoms with Crippen LogP contribution in [-0.4, -0.2) is 58.6 Å². The molecule has 0 saturated carbocycles. The molecule has 216 valence electrons. The number of nitrogens with two attached hydrogens (primary N) is 1. The monoisotopic (exact) mass is 587 g/mol. The number of rotatable bonds is 8. The average Bonchev–Trinajstić information content (AvgIpc) is 3.34. The van der Waals surface area contributed by atoms with Crippen LogP contribution < -0.4 is 26.8 Å². The molecule has 11 nitrogen and oxygen atoms in total. The van der Waals surface area contributed by atoms with Crippen molar-refractivity contribution in [1.29, 1.82) is 0 Å². The fourth-order valence-corrected chi connectivity index (χ4v) is 5.62. The van der Waals surface area contributed by atoms with Crippen LogP contribution in [0.3, 0.4) is 0 Å². The lowest BCUT2D eigenvalue weighted by molar-refractivity contribution is 0.0299. The number of carbonyl (C=O) groups excluding carboxylic acids is 2. The summed E-state index contributed by atoms with van der Waals surface area (Å²) in [4.78, 5) is 53.0. The zero-order valence-electron chi connectivity index (χ0n) is 22.7. The number of morpholine rings is 1. The third-order valence-electron chi connectivity index (χ3n) is 7.59. The number of nitrogens with zero attached hydrogens (tertiary/aromatic N) is 3. The zero-order chi connectivity index (χ0) is 29.2. The lowest BCUT2D eigenvalue weighted by Crippen LogP contribution is -2.43. The molecule has 2 aromatic carbocycles. The van der Waals surface area contributed by atoms with Crippen molar-refractivity contribution < 1.29 is 14.3 Å². The van der Waals surface area contributed by atoms with Crippen LogP contribution >= 0.6 is 11.6 Å². The van der Waals surface area contributed by atoms with E-state index in [0.29, 0.717) is 43.0 Å². The Hall–Kier alpha value is -4.32. The smallest absolute Gasteiger partial charge is 0.262 e. The number of ether oxygens (including phenoxy) is 1. The Labute approximate surface area is 246 Å². The molecule has 3 atom stereocenters. The van der Waals surface area contributed by atoms with E-state index in [1.807, 2.05) is 30.3 Å². The second kappa shape index (κ2) is 11.9. The lowest BCUT2D eigenvalue weighted by atomic mass is 10.0. The summed E-state index contributed by atoms with van der Waals surface area (Å²) in [5, 5.41) is 6.38. The minimum Gasteiger partial charge on any atom is -0.371 e. The van der Waals surface area contributed by atoms with Gasteiger partial charge in [0.15, 0.2) is 0 Å². The maximum absolute atomic E-state index is 13.2. The highest BCUT2D eigenvalue weighted by Gasteiger charge is 2.34. The highest BCUT2D eigenvalue weighted by molar-refractivity contribution is 6.34. The number of anilines is 2. The second-order valence-corrected chi connectivity index (χ2v) is 10.9. The van der Waals surface area contributed by atoms with Gasteiger partial charge >= 0.3 is 0 Å². The summed E-state index contributed by atoms with van der Waals surface area (Å²) in [5.74, 6) is -0.524. The number of halogens is 1. The van der Waals surface area contributed by atoms with Gasteiger partial charge in [-0.3, -0.25) is 14.4 Å². The van der Waals surface area contributed by atoms with Crippen LogP contribution in [0, 0.1) is 0 Å². The van der Waals surface area contributed by atoms with E-state index in [1.165, 1.54) is 18.2 Å². The predicted octanol–water partition coefficient (Wildman–Crippen LogP) is 3.41. The van der Waals surface area contributed by atoms with E-state index in [4.69, 9.17) is 22.1 Å². The molecule has 42 heavy (non-hydrogen) atoms. The molecule has 12 heteroatoms. The summed E-state index contributed by atoms with van der Waals surface area (Å²) in [6, 6.07) is 15.3. The highest BCUT2D eigenvalue weighted by Crippen LogP contribution is 2.29. The van der Waals surface area contributed by atoms with Crippen molar-refractivity contribution in [2.24, 2.45) is 5.73 Å². The quantitative estimate of drug-likeness (QED) is 0.244. The molecule has 4 heterocycles. The minimum atomic E-state index is -0.684. The number of hydrogen-bond donors (Lipinski definition) is 4. The first-order valence-electron chi connectivity index (χ1n) is 13.8. The third-order valence-corrected chi connectivity index (χ3v) is 7.92. The first-order chi connectivity index (χ1) is 20.4. The maximum Gasteiger partial charge on any atom is 0.262 e. The van der Waals surface area contributed by atoms with Crippen molar-refractivity contribution in [1.82, 2.24) is 20.3 Å². The van der Waals surface area contributed by atoms with Crippen molar-refractivity contribution in [3.05, 3.63) is 92.9 Å². The van der Waals surface area contributed by atoms with Gasteiger partial charge in [0.1, 0.15) is 11.2 Å². The molecule has 2 saturated heterocycles. The molecule has 2 aliphatic heterocycles. The highest BCUT2D eigenvalue weighted by atomic mass is 35.5. The van der Waals surface area contributed by atoms with Gasteiger partial charge in [0, 0.05) is 30.2 Å². The number of amides is 2. The Balaban J connectivity index is 1.19. The Morgan fingerprint density at radius 1 is 1.10 bits per heavy atom. The van der Waals surface area contributed by atoms with E-state index in [0.717, 1.165) is 18.4 Å². The normalized spacial score (nSPS) is 18.6. The number of nitrogens with one attached hydrogen (secondary N) is 3. The van der Waals surface area contributed by atoms with Gasteiger partial charge in [-0.2, -0.15) is 4.98 Å². The molecular weight excluding hydrogens is 558 g/mol. The van der Waals surface area contributed by atoms with Gasteiger partial charge in [0.25, 0.3) is 17.4 Å². The second-order valence-electron chi connectivity index (χ2n) is 10.5. The molecule has 2 amide bonds. The topological polar surface area (TPSA) is 155 Å². The van der Waals surface area contributed by atoms with Crippen LogP contribution in [0.2, 0.25) is 5.02 Å². The van der Waals surface area contributed by atoms with Crippen LogP contribution in [0.15, 0.2) is 65.6 Å². The van der Waals surface area contributed by atoms with E-state index in [-0.39, 0.29) is 46.0 Å². The number of pyridine rings is 1. The summed E-state index contributed by atoms with van der Waals surface area (Å²) in [7, 11) is 0. The molecule has 4 aromatic rings. The maximum atomic E-state index is 13.2. The van der Waals surface area contributed by atoms with Gasteiger partial charge < -0.3 is 31.0 Å². The standard InChI is InChI=1S/C30H30ClN7O4/c31-23-9-6-18(27(39)34-24(10-11-32)17-4-2-1-3-5-17)13-25(23)35-28(40)22-12-19-14-33-30(37-26(19)36-29(22)41)38-15-20-7-8-21(16-38)42-20/h1-6,9,12-14,20-21,24H,7-8,10-11,15-16,32H2,(H,34,39)(H,35,40)(H,33,36,37,41)/t20-,21+,24?.